The first kappa shape index (κ1) is 15.6. The Hall–Kier alpha value is -3.29. The summed E-state index contributed by atoms with van der Waals surface area (Å²) >= 11 is 0. The van der Waals surface area contributed by atoms with Gasteiger partial charge < -0.3 is 10.3 Å². The van der Waals surface area contributed by atoms with Gasteiger partial charge in [-0.2, -0.15) is 0 Å². The first-order valence-corrected chi connectivity index (χ1v) is 7.11. The Morgan fingerprint density at radius 1 is 1.33 bits per heavy atom. The first-order chi connectivity index (χ1) is 11.4. The topological polar surface area (TPSA) is 101 Å². The minimum atomic E-state index is -0.512. The number of carbonyl (C=O) groups is 1. The lowest BCUT2D eigenvalue weighted by atomic mass is 10.1. The zero-order valence-electron chi connectivity index (χ0n) is 12.7. The van der Waals surface area contributed by atoms with Crippen molar-refractivity contribution in [1.29, 1.82) is 0 Å². The molecule has 122 valence electrons. The van der Waals surface area contributed by atoms with Crippen LogP contribution < -0.4 is 5.32 Å². The minimum absolute atomic E-state index is 0.0663. The fourth-order valence-corrected chi connectivity index (χ4v) is 2.39. The third kappa shape index (κ3) is 3.07. The molecule has 2 aromatic carbocycles. The van der Waals surface area contributed by atoms with Gasteiger partial charge in [-0.3, -0.25) is 14.9 Å². The van der Waals surface area contributed by atoms with Crippen LogP contribution in [-0.4, -0.2) is 20.8 Å². The van der Waals surface area contributed by atoms with Gasteiger partial charge in [0.2, 0.25) is 0 Å². The van der Waals surface area contributed by atoms with Gasteiger partial charge in [-0.05, 0) is 36.8 Å². The average Bonchev–Trinajstić information content (AvgIpc) is 2.94. The lowest BCUT2D eigenvalue weighted by Crippen LogP contribution is -2.24. The van der Waals surface area contributed by atoms with Gasteiger partial charge in [0.05, 0.1) is 22.5 Å². The molecule has 7 nitrogen and oxygen atoms in total. The molecule has 0 saturated carbocycles. The molecule has 24 heavy (non-hydrogen) atoms. The van der Waals surface area contributed by atoms with E-state index in [1.807, 2.05) is 0 Å². The van der Waals surface area contributed by atoms with Crippen LogP contribution in [0.15, 0.2) is 36.4 Å². The number of aromatic amines is 1. The number of benzene rings is 2. The molecular formula is C16H13FN4O3. The molecule has 0 unspecified atom stereocenters. The molecule has 0 fully saturated rings. The average molecular weight is 328 g/mol. The summed E-state index contributed by atoms with van der Waals surface area (Å²) in [5.74, 6) is -0.249. The van der Waals surface area contributed by atoms with Crippen molar-refractivity contribution < 1.29 is 14.1 Å². The van der Waals surface area contributed by atoms with Crippen LogP contribution in [0.25, 0.3) is 11.0 Å². The summed E-state index contributed by atoms with van der Waals surface area (Å²) in [4.78, 5) is 29.6. The Bertz CT molecular complexity index is 952. The normalized spacial score (nSPS) is 10.8. The van der Waals surface area contributed by atoms with Crippen molar-refractivity contribution in [1.82, 2.24) is 15.3 Å². The number of nitro groups is 1. The third-order valence-electron chi connectivity index (χ3n) is 3.57. The Morgan fingerprint density at radius 2 is 2.12 bits per heavy atom. The molecule has 0 bridgehead atoms. The molecule has 8 heteroatoms. The zero-order chi connectivity index (χ0) is 17.3. The van der Waals surface area contributed by atoms with Gasteiger partial charge in [-0.15, -0.1) is 0 Å². The fraction of sp³-hybridized carbons (Fsp3) is 0.125. The van der Waals surface area contributed by atoms with Crippen molar-refractivity contribution in [3.05, 3.63) is 69.3 Å². The maximum absolute atomic E-state index is 13.1. The van der Waals surface area contributed by atoms with E-state index < -0.39 is 4.92 Å². The number of nitro benzene ring substituents is 1. The molecule has 0 aliphatic rings. The number of carbonyl (C=O) groups excluding carboxylic acids is 1. The lowest BCUT2D eigenvalue weighted by Gasteiger charge is -2.06. The second-order valence-electron chi connectivity index (χ2n) is 5.28. The van der Waals surface area contributed by atoms with Crippen LogP contribution in [0, 0.1) is 22.9 Å². The van der Waals surface area contributed by atoms with E-state index in [2.05, 4.69) is 15.3 Å². The van der Waals surface area contributed by atoms with E-state index in [-0.39, 0.29) is 24.0 Å². The van der Waals surface area contributed by atoms with E-state index in [0.717, 1.165) is 0 Å². The highest BCUT2D eigenvalue weighted by Crippen LogP contribution is 2.17. The number of aryl methyl sites for hydroxylation is 1. The predicted molar refractivity (Wildman–Crippen MR) is 85.1 cm³/mol. The van der Waals surface area contributed by atoms with Crippen LogP contribution in [0.1, 0.15) is 21.7 Å². The first-order valence-electron chi connectivity index (χ1n) is 7.11. The van der Waals surface area contributed by atoms with Crippen molar-refractivity contribution in [2.75, 3.05) is 0 Å². The number of nitrogens with one attached hydrogen (secondary N) is 2. The number of aromatic nitrogens is 2. The van der Waals surface area contributed by atoms with Gasteiger partial charge in [0, 0.05) is 17.7 Å². The summed E-state index contributed by atoms with van der Waals surface area (Å²) < 4.78 is 13.1. The highest BCUT2D eigenvalue weighted by Gasteiger charge is 2.14. The van der Waals surface area contributed by atoms with E-state index in [4.69, 9.17) is 0 Å². The van der Waals surface area contributed by atoms with Crippen molar-refractivity contribution >= 4 is 22.6 Å². The number of imidazole rings is 1. The van der Waals surface area contributed by atoms with Crippen LogP contribution in [-0.2, 0) is 6.54 Å². The smallest absolute Gasteiger partial charge is 0.269 e. The molecule has 0 spiro atoms. The number of non-ortho nitro benzene ring substituents is 1. The Morgan fingerprint density at radius 3 is 2.83 bits per heavy atom. The minimum Gasteiger partial charge on any atom is -0.345 e. The van der Waals surface area contributed by atoms with Crippen LogP contribution in [0.3, 0.4) is 0 Å². The van der Waals surface area contributed by atoms with Gasteiger partial charge >= 0.3 is 0 Å². The molecule has 1 aromatic heterocycles. The highest BCUT2D eigenvalue weighted by molar-refractivity contribution is 5.95. The Labute approximate surface area is 135 Å². The summed E-state index contributed by atoms with van der Waals surface area (Å²) in [6.07, 6.45) is 0. The van der Waals surface area contributed by atoms with Crippen LogP contribution >= 0.6 is 0 Å². The molecule has 0 saturated heterocycles. The molecule has 0 aliphatic heterocycles. The summed E-state index contributed by atoms with van der Waals surface area (Å²) in [6.45, 7) is 1.76. The molecule has 3 rings (SSSR count). The van der Waals surface area contributed by atoms with E-state index in [0.29, 0.717) is 28.0 Å². The van der Waals surface area contributed by atoms with Crippen molar-refractivity contribution in [2.24, 2.45) is 0 Å². The number of rotatable bonds is 4. The standard InChI is InChI=1S/C16H13FN4O3/c1-9-6-11(21(23)24)3-4-12(9)16(22)18-8-15-19-13-5-2-10(17)7-14(13)20-15/h2-7H,8H2,1H3,(H,18,22)(H,19,20). The molecule has 0 atom stereocenters. The summed E-state index contributed by atoms with van der Waals surface area (Å²) in [7, 11) is 0. The number of amides is 1. The highest BCUT2D eigenvalue weighted by atomic mass is 19.1. The maximum Gasteiger partial charge on any atom is 0.269 e. The SMILES string of the molecule is Cc1cc([N+](=O)[O-])ccc1C(=O)NCc1nc2ccc(F)cc2[nH]1. The molecule has 0 aliphatic carbocycles. The number of halogens is 1. The third-order valence-corrected chi connectivity index (χ3v) is 3.57. The summed E-state index contributed by atoms with van der Waals surface area (Å²) in [5.41, 5.74) is 1.94. The maximum atomic E-state index is 13.1. The van der Waals surface area contributed by atoms with E-state index in [1.54, 1.807) is 13.0 Å². The van der Waals surface area contributed by atoms with Crippen molar-refractivity contribution in [2.45, 2.75) is 13.5 Å². The Kier molecular flexibility index (Phi) is 3.95. The van der Waals surface area contributed by atoms with Crippen LogP contribution in [0.4, 0.5) is 10.1 Å². The Balaban J connectivity index is 1.73. The predicted octanol–water partition coefficient (Wildman–Crippen LogP) is 2.85. The van der Waals surface area contributed by atoms with Crippen molar-refractivity contribution in [3.63, 3.8) is 0 Å². The van der Waals surface area contributed by atoms with Crippen LogP contribution in [0.2, 0.25) is 0 Å². The monoisotopic (exact) mass is 328 g/mol. The number of fused-ring (bicyclic) bond motifs is 1. The second kappa shape index (κ2) is 6.07. The molecule has 1 amide bonds. The van der Waals surface area contributed by atoms with Gasteiger partial charge in [-0.25, -0.2) is 9.37 Å². The van der Waals surface area contributed by atoms with E-state index >= 15 is 0 Å². The molecule has 0 radical (unpaired) electrons. The number of H-pyrrole nitrogens is 1. The molecular weight excluding hydrogens is 315 g/mol. The fourth-order valence-electron chi connectivity index (χ4n) is 2.39. The van der Waals surface area contributed by atoms with E-state index in [9.17, 15) is 19.3 Å². The number of hydrogen-bond donors (Lipinski definition) is 2. The lowest BCUT2D eigenvalue weighted by molar-refractivity contribution is -0.384. The van der Waals surface area contributed by atoms with Gasteiger partial charge in [0.1, 0.15) is 11.6 Å². The van der Waals surface area contributed by atoms with Gasteiger partial charge in [0.25, 0.3) is 11.6 Å². The number of nitrogens with zero attached hydrogens (tertiary/aromatic N) is 2. The summed E-state index contributed by atoms with van der Waals surface area (Å²) in [6, 6.07) is 8.23. The second-order valence-corrected chi connectivity index (χ2v) is 5.28. The van der Waals surface area contributed by atoms with Crippen LogP contribution in [0.5, 0.6) is 0 Å². The quantitative estimate of drug-likeness (QED) is 0.568. The molecule has 3 aromatic rings. The van der Waals surface area contributed by atoms with Crippen molar-refractivity contribution in [3.8, 4) is 0 Å². The van der Waals surface area contributed by atoms with E-state index in [1.165, 1.54) is 30.3 Å². The zero-order valence-corrected chi connectivity index (χ0v) is 12.7. The molecule has 1 heterocycles. The summed E-state index contributed by atoms with van der Waals surface area (Å²) in [5, 5.41) is 13.4. The molecule has 2 N–H and O–H groups in total. The number of hydrogen-bond acceptors (Lipinski definition) is 4. The van der Waals surface area contributed by atoms with Gasteiger partial charge in [0.15, 0.2) is 0 Å². The van der Waals surface area contributed by atoms with Gasteiger partial charge in [-0.1, -0.05) is 0 Å². The largest absolute Gasteiger partial charge is 0.345 e.